The van der Waals surface area contributed by atoms with Crippen LogP contribution in [0.3, 0.4) is 0 Å². The van der Waals surface area contributed by atoms with E-state index in [1.165, 1.54) is 0 Å². The van der Waals surface area contributed by atoms with Crippen LogP contribution in [-0.4, -0.2) is 17.9 Å². The van der Waals surface area contributed by atoms with E-state index in [1.54, 1.807) is 22.8 Å². The van der Waals surface area contributed by atoms with E-state index in [1.807, 2.05) is 66.7 Å². The topological polar surface area (TPSA) is 47.2 Å². The number of benzene rings is 10. The molecule has 4 nitrogen and oxygen atoms in total. The third-order valence-electron chi connectivity index (χ3n) is 15.7. The molecule has 95 heavy (non-hydrogen) atoms. The number of hydrogen-bond donors (Lipinski definition) is 0. The Labute approximate surface area is 517 Å². The number of hydrogen-bond acceptors (Lipinski definition) is 3. The van der Waals surface area contributed by atoms with Crippen molar-refractivity contribution in [2.45, 2.75) is 56.0 Å². The van der Waals surface area contributed by atoms with Crippen molar-refractivity contribution < 1.29 is 124 Å². The molecule has 10 aromatic carbocycles. The molecule has 0 amide bonds. The van der Waals surface area contributed by atoms with Crippen LogP contribution in [0.5, 0.6) is 5.75 Å². The van der Waals surface area contributed by atoms with Crippen molar-refractivity contribution in [2.24, 2.45) is 0 Å². The first-order valence-electron chi connectivity index (χ1n) is 27.2. The number of esters is 1. The number of ketones is 1. The highest BCUT2D eigenvalue weighted by molar-refractivity contribution is 7.20. The van der Waals surface area contributed by atoms with Crippen LogP contribution in [0.2, 0.25) is 0 Å². The zero-order chi connectivity index (χ0) is 69.6. The van der Waals surface area contributed by atoms with E-state index in [-0.39, 0.29) is 12.3 Å². The van der Waals surface area contributed by atoms with Gasteiger partial charge in [-0.2, -0.15) is 132 Å². The Morgan fingerprint density at radius 3 is 1.02 bits per heavy atom. The second-order valence-corrected chi connectivity index (χ2v) is 21.7. The third kappa shape index (κ3) is 13.8. The molecule has 0 atom stereocenters. The Morgan fingerprint density at radius 1 is 0.326 bits per heavy atom. The minimum atomic E-state index is -6.13. The molecule has 0 aliphatic rings. The third-order valence-corrected chi connectivity index (χ3v) is 15.7. The van der Waals surface area contributed by atoms with Gasteiger partial charge in [0.05, 0.1) is 44.5 Å². The molecule has 1 heterocycles. The lowest BCUT2D eigenvalue weighted by Crippen LogP contribution is -2.75. The van der Waals surface area contributed by atoms with Crippen LogP contribution < -0.4 is 31.2 Å². The van der Waals surface area contributed by atoms with Crippen LogP contribution in [0.25, 0.3) is 43.2 Å². The van der Waals surface area contributed by atoms with E-state index in [9.17, 15) is 115 Å². The Hall–Kier alpha value is -9.83. The number of rotatable bonds is 9. The summed E-state index contributed by atoms with van der Waals surface area (Å²) in [6.45, 7) is 0.0221. The molecule has 0 saturated carbocycles. The summed E-state index contributed by atoms with van der Waals surface area (Å²) in [7, 11) is 0. The van der Waals surface area contributed by atoms with E-state index in [2.05, 4.69) is 36.4 Å². The van der Waals surface area contributed by atoms with Crippen LogP contribution in [0.15, 0.2) is 194 Å². The summed E-state index contributed by atoms with van der Waals surface area (Å²) in [4.78, 5) is 26.9. The zero-order valence-corrected chi connectivity index (χ0v) is 47.0. The number of fused-ring (bicyclic) bond motifs is 1. The Balaban J connectivity index is 0.000000222. The van der Waals surface area contributed by atoms with Crippen LogP contribution in [0, 0.1) is 0 Å². The maximum absolute atomic E-state index is 14.2. The Morgan fingerprint density at radius 2 is 0.642 bits per heavy atom. The van der Waals surface area contributed by atoms with E-state index < -0.39 is 201 Å². The second-order valence-electron chi connectivity index (χ2n) is 21.7. The number of carbonyl (C=O) groups is 2. The molecular weight excluding hydrogens is 1320 g/mol. The van der Waals surface area contributed by atoms with Crippen LogP contribution in [-0.2, 0) is 56.0 Å². The predicted molar refractivity (Wildman–Crippen MR) is 300 cm³/mol. The standard InChI is InChI=1S/C34H22NO3.C32H12BF24/c36-30(23-8-2-1-3-9-23)21-35-28-12-5-4-7-22(28)16-19-29(35)34(37)38-31-20-17-26-14-13-24-10-6-11-25-15-18-27(31)33(26)32(24)25;34-25(35,36)13-1-14(26(37,38)39)6-21(5-13)33(22-7-15(27(40,41)42)2-16(8-22)28(43,44)45,23-9-17(29(46,47)48)3-18(10-23)30(49,50)51)24-11-19(31(52,53)54)4-20(12-24)32(55,56)57/h1-20H,21H2;1-12H/q+1;-1. The number of nitrogens with zero attached hydrogens (tertiary/aromatic N) is 1. The fourth-order valence-corrected chi connectivity index (χ4v) is 11.5. The van der Waals surface area contributed by atoms with Gasteiger partial charge in [0, 0.05) is 33.9 Å². The SMILES string of the molecule is FC(F)(F)c1cc([B-](c2cc(C(F)(F)F)cc(C(F)(F)F)c2)(c2cc(C(F)(F)F)cc(C(F)(F)F)c2)c2cc(C(F)(F)F)cc(C(F)(F)F)c2)cc(C(F)(F)F)c1.O=C(C[n+]1c(C(=O)Oc2ccc3ccc4cccc5ccc2c3c45)ccc2ccccc21)c1ccccc1. The molecule has 11 aromatic rings. The van der Waals surface area contributed by atoms with Crippen LogP contribution >= 0.6 is 0 Å². The zero-order valence-electron chi connectivity index (χ0n) is 47.0. The van der Waals surface area contributed by atoms with Gasteiger partial charge in [-0.15, -0.1) is 0 Å². The van der Waals surface area contributed by atoms with E-state index in [4.69, 9.17) is 4.74 Å². The highest BCUT2D eigenvalue weighted by atomic mass is 19.4. The number of alkyl halides is 24. The van der Waals surface area contributed by atoms with Gasteiger partial charge < -0.3 is 4.74 Å². The second kappa shape index (κ2) is 23.9. The molecule has 0 aliphatic heterocycles. The average molecular weight is 1360 g/mol. The van der Waals surface area contributed by atoms with Gasteiger partial charge in [0.1, 0.15) is 11.9 Å². The Bertz CT molecular complexity index is 4320. The van der Waals surface area contributed by atoms with Crippen molar-refractivity contribution in [2.75, 3.05) is 0 Å². The molecule has 0 N–H and O–H groups in total. The largest absolute Gasteiger partial charge is 0.418 e. The summed E-state index contributed by atoms with van der Waals surface area (Å²) in [5.41, 5.74) is -28.5. The molecule has 0 saturated heterocycles. The molecule has 0 bridgehead atoms. The van der Waals surface area contributed by atoms with Crippen LogP contribution in [0.1, 0.15) is 65.4 Å². The van der Waals surface area contributed by atoms with Crippen molar-refractivity contribution in [3.8, 4) is 5.75 Å². The number of halogens is 24. The molecule has 0 fully saturated rings. The van der Waals surface area contributed by atoms with Crippen molar-refractivity contribution in [3.63, 3.8) is 0 Å². The maximum atomic E-state index is 14.2. The molecule has 11 rings (SSSR count). The maximum Gasteiger partial charge on any atom is 0.416 e. The highest BCUT2D eigenvalue weighted by Crippen LogP contribution is 2.43. The number of para-hydroxylation sites is 1. The number of carbonyl (C=O) groups excluding carboxylic acids is 2. The molecule has 492 valence electrons. The molecule has 0 radical (unpaired) electrons. The van der Waals surface area contributed by atoms with Gasteiger partial charge in [-0.05, 0) is 70.1 Å². The summed E-state index contributed by atoms with van der Waals surface area (Å²) in [5, 5.41) is 7.46. The van der Waals surface area contributed by atoms with Gasteiger partial charge in [-0.1, -0.05) is 133 Å². The fraction of sp³-hybridized carbons (Fsp3) is 0.136. The molecule has 1 aromatic heterocycles. The Kier molecular flexibility index (Phi) is 17.1. The summed E-state index contributed by atoms with van der Waals surface area (Å²) in [6, 6.07) is 30.1. The number of aromatic nitrogens is 1. The van der Waals surface area contributed by atoms with Gasteiger partial charge in [0.25, 0.3) is 5.69 Å². The minimum absolute atomic E-state index is 0.0221. The minimum Gasteiger partial charge on any atom is -0.418 e. The summed E-state index contributed by atoms with van der Waals surface area (Å²) >= 11 is 0. The molecule has 0 unspecified atom stereocenters. The van der Waals surface area contributed by atoms with E-state index in [0.29, 0.717) is 17.0 Å². The number of ether oxygens (including phenoxy) is 1. The molecular formula is C66H34BF24NO3. The van der Waals surface area contributed by atoms with E-state index in [0.717, 1.165) is 43.2 Å². The van der Waals surface area contributed by atoms with Crippen LogP contribution in [0.4, 0.5) is 105 Å². The molecule has 29 heteroatoms. The van der Waals surface area contributed by atoms with Gasteiger partial charge >= 0.3 is 55.4 Å². The first-order valence-corrected chi connectivity index (χ1v) is 27.2. The van der Waals surface area contributed by atoms with Crippen molar-refractivity contribution in [1.82, 2.24) is 0 Å². The lowest BCUT2D eigenvalue weighted by Gasteiger charge is -2.46. The molecule has 0 aliphatic carbocycles. The summed E-state index contributed by atoms with van der Waals surface area (Å²) < 4.78 is 349. The summed E-state index contributed by atoms with van der Waals surface area (Å²) in [5.74, 6) is -0.0924. The van der Waals surface area contributed by atoms with Crippen molar-refractivity contribution in [3.05, 3.63) is 250 Å². The first kappa shape index (κ1) is 68.0. The van der Waals surface area contributed by atoms with Crippen molar-refractivity contribution in [1.29, 1.82) is 0 Å². The highest BCUT2D eigenvalue weighted by Gasteiger charge is 2.47. The molecule has 0 spiro atoms. The smallest absolute Gasteiger partial charge is 0.416 e. The lowest BCUT2D eigenvalue weighted by molar-refractivity contribution is -0.659. The quantitative estimate of drug-likeness (QED) is 0.0275. The van der Waals surface area contributed by atoms with Gasteiger partial charge in [0.2, 0.25) is 17.8 Å². The van der Waals surface area contributed by atoms with Gasteiger partial charge in [-0.3, -0.25) is 4.79 Å². The fourth-order valence-electron chi connectivity index (χ4n) is 11.5. The average Bonchev–Trinajstić information content (AvgIpc) is 0.711. The van der Waals surface area contributed by atoms with Gasteiger partial charge in [-0.25, -0.2) is 4.79 Å². The van der Waals surface area contributed by atoms with Crippen molar-refractivity contribution >= 4 is 83.0 Å². The number of pyridine rings is 1. The monoisotopic (exact) mass is 1360 g/mol. The lowest BCUT2D eigenvalue weighted by atomic mass is 9.12. The van der Waals surface area contributed by atoms with E-state index >= 15 is 0 Å². The normalized spacial score (nSPS) is 13.2. The first-order chi connectivity index (χ1) is 43.9. The number of Topliss-reactive ketones (excluding diaryl/α,β-unsaturated/α-hetero) is 1. The predicted octanol–water partition coefficient (Wildman–Crippen LogP) is 18.3. The summed E-state index contributed by atoms with van der Waals surface area (Å²) in [6.07, 6.45) is -54.8. The van der Waals surface area contributed by atoms with Gasteiger partial charge in [0.15, 0.2) is 0 Å².